The number of hydrogen-bond acceptors (Lipinski definition) is 4. The van der Waals surface area contributed by atoms with E-state index in [0.717, 1.165) is 4.47 Å². The van der Waals surface area contributed by atoms with Crippen LogP contribution in [0.25, 0.3) is 22.0 Å². The molecule has 2 N–H and O–H groups in total. The number of nitrogens with zero attached hydrogens (tertiary/aromatic N) is 1. The number of halogens is 6. The minimum absolute atomic E-state index is 0.213. The van der Waals surface area contributed by atoms with Crippen molar-refractivity contribution in [3.8, 4) is 16.9 Å². The molecule has 0 radical (unpaired) electrons. The van der Waals surface area contributed by atoms with Crippen molar-refractivity contribution >= 4 is 112 Å². The zero-order valence-corrected chi connectivity index (χ0v) is 27.5. The zero-order chi connectivity index (χ0) is 29.3. The smallest absolute Gasteiger partial charge is 0.343 e. The Balaban J connectivity index is 1.47. The van der Waals surface area contributed by atoms with E-state index >= 15 is 0 Å². The van der Waals surface area contributed by atoms with Gasteiger partial charge in [0.15, 0.2) is 5.75 Å². The van der Waals surface area contributed by atoms with Gasteiger partial charge in [-0.25, -0.2) is 10.2 Å². The second-order valence-corrected chi connectivity index (χ2v) is 12.5. The molecule has 5 rings (SSSR count). The second-order valence-electron chi connectivity index (χ2n) is 8.57. The van der Waals surface area contributed by atoms with E-state index in [0.29, 0.717) is 57.2 Å². The SMILES string of the molecule is O=C(Oc1c(Br)cc(Br)cc1C=NNC(=O)c1[nH]c2c(Cl)cc(Br)cc2c1-c1ccccc1Cl)c1ccc(Cl)cc1. The van der Waals surface area contributed by atoms with Crippen LogP contribution in [0, 0.1) is 0 Å². The van der Waals surface area contributed by atoms with Gasteiger partial charge in [0.25, 0.3) is 5.91 Å². The first-order valence-corrected chi connectivity index (χ1v) is 15.2. The topological polar surface area (TPSA) is 83.5 Å². The molecule has 0 aliphatic rings. The molecule has 6 nitrogen and oxygen atoms in total. The van der Waals surface area contributed by atoms with Gasteiger partial charge < -0.3 is 9.72 Å². The number of carbonyl (C=O) groups excluding carboxylic acids is 2. The first-order valence-electron chi connectivity index (χ1n) is 11.7. The lowest BCUT2D eigenvalue weighted by Crippen LogP contribution is -2.19. The molecule has 12 heteroatoms. The Morgan fingerprint density at radius 2 is 1.59 bits per heavy atom. The van der Waals surface area contributed by atoms with E-state index in [1.54, 1.807) is 54.6 Å². The molecule has 0 aliphatic carbocycles. The minimum Gasteiger partial charge on any atom is -0.421 e. The molecule has 0 saturated heterocycles. The summed E-state index contributed by atoms with van der Waals surface area (Å²) in [6.45, 7) is 0. The molecular weight excluding hydrogens is 784 g/mol. The first kappa shape index (κ1) is 29.8. The van der Waals surface area contributed by atoms with Gasteiger partial charge in [-0.05, 0) is 70.5 Å². The molecule has 41 heavy (non-hydrogen) atoms. The molecular formula is C29H15Br3Cl3N3O3. The van der Waals surface area contributed by atoms with Crippen LogP contribution in [-0.4, -0.2) is 23.1 Å². The molecule has 0 unspecified atom stereocenters. The first-order chi connectivity index (χ1) is 19.6. The van der Waals surface area contributed by atoms with Crippen LogP contribution in [0.4, 0.5) is 0 Å². The predicted octanol–water partition coefficient (Wildman–Crippen LogP) is 10.1. The third kappa shape index (κ3) is 6.56. The van der Waals surface area contributed by atoms with E-state index in [1.807, 2.05) is 18.2 Å². The highest BCUT2D eigenvalue weighted by molar-refractivity contribution is 9.11. The third-order valence-electron chi connectivity index (χ3n) is 5.88. The number of aromatic nitrogens is 1. The van der Waals surface area contributed by atoms with Gasteiger partial charge in [-0.1, -0.05) is 84.9 Å². The molecule has 4 aromatic carbocycles. The van der Waals surface area contributed by atoms with Crippen molar-refractivity contribution in [2.45, 2.75) is 0 Å². The Kier molecular flexibility index (Phi) is 9.23. The number of hydrogen-bond donors (Lipinski definition) is 2. The van der Waals surface area contributed by atoms with Crippen molar-refractivity contribution in [3.05, 3.63) is 118 Å². The van der Waals surface area contributed by atoms with E-state index in [9.17, 15) is 9.59 Å². The summed E-state index contributed by atoms with van der Waals surface area (Å²) in [5.74, 6) is -0.910. The maximum absolute atomic E-state index is 13.4. The van der Waals surface area contributed by atoms with E-state index < -0.39 is 11.9 Å². The van der Waals surface area contributed by atoms with Gasteiger partial charge in [0.2, 0.25) is 0 Å². The lowest BCUT2D eigenvalue weighted by molar-refractivity contribution is 0.0733. The standard InChI is InChI=1S/C29H15Br3Cl3N3O3/c30-16-9-15(27(21(32)11-16)41-29(40)14-5-7-18(33)8-6-14)13-36-38-28(39)26-24(19-3-1-2-4-22(19)34)20-10-17(31)12-23(35)25(20)37-26/h1-13,37H,(H,38,39). The highest BCUT2D eigenvalue weighted by Crippen LogP contribution is 2.40. The highest BCUT2D eigenvalue weighted by Gasteiger charge is 2.23. The predicted molar refractivity (Wildman–Crippen MR) is 175 cm³/mol. The van der Waals surface area contributed by atoms with Crippen molar-refractivity contribution in [1.29, 1.82) is 0 Å². The van der Waals surface area contributed by atoms with Crippen molar-refractivity contribution in [1.82, 2.24) is 10.4 Å². The van der Waals surface area contributed by atoms with Gasteiger partial charge in [0.1, 0.15) is 5.69 Å². The minimum atomic E-state index is -0.589. The van der Waals surface area contributed by atoms with Crippen LogP contribution in [-0.2, 0) is 0 Å². The summed E-state index contributed by atoms with van der Waals surface area (Å²) >= 11 is 29.3. The summed E-state index contributed by atoms with van der Waals surface area (Å²) in [5, 5.41) is 6.25. The number of rotatable bonds is 6. The van der Waals surface area contributed by atoms with Crippen LogP contribution in [0.3, 0.4) is 0 Å². The van der Waals surface area contributed by atoms with Crippen molar-refractivity contribution in [3.63, 3.8) is 0 Å². The van der Waals surface area contributed by atoms with E-state index in [4.69, 9.17) is 39.5 Å². The maximum Gasteiger partial charge on any atom is 0.343 e. The number of carbonyl (C=O) groups is 2. The Morgan fingerprint density at radius 3 is 2.32 bits per heavy atom. The number of aromatic amines is 1. The van der Waals surface area contributed by atoms with Crippen molar-refractivity contribution in [2.75, 3.05) is 0 Å². The summed E-state index contributed by atoms with van der Waals surface area (Å²) < 4.78 is 7.60. The quantitative estimate of drug-likeness (QED) is 0.0777. The Bertz CT molecular complexity index is 1860. The van der Waals surface area contributed by atoms with Crippen molar-refractivity contribution < 1.29 is 14.3 Å². The number of nitrogens with one attached hydrogen (secondary N) is 2. The van der Waals surface area contributed by atoms with Crippen LogP contribution in [0.15, 0.2) is 91.3 Å². The van der Waals surface area contributed by atoms with Crippen LogP contribution >= 0.6 is 82.6 Å². The number of esters is 1. The lowest BCUT2D eigenvalue weighted by Gasteiger charge is -2.11. The van der Waals surface area contributed by atoms with Gasteiger partial charge in [0, 0.05) is 41.1 Å². The second kappa shape index (κ2) is 12.7. The lowest BCUT2D eigenvalue weighted by atomic mass is 10.0. The Labute approximate surface area is 274 Å². The monoisotopic (exact) mass is 795 g/mol. The molecule has 0 aliphatic heterocycles. The molecule has 0 saturated carbocycles. The number of ether oxygens (including phenoxy) is 1. The molecule has 0 fully saturated rings. The van der Waals surface area contributed by atoms with Gasteiger partial charge in [0.05, 0.1) is 26.8 Å². The Hall–Kier alpha value is -2.66. The van der Waals surface area contributed by atoms with Gasteiger partial charge in [-0.15, -0.1) is 0 Å². The van der Waals surface area contributed by atoms with Crippen LogP contribution in [0.2, 0.25) is 15.1 Å². The fourth-order valence-electron chi connectivity index (χ4n) is 4.07. The maximum atomic E-state index is 13.4. The number of fused-ring (bicyclic) bond motifs is 1. The molecule has 206 valence electrons. The fourth-order valence-corrected chi connectivity index (χ4v) is 6.62. The van der Waals surface area contributed by atoms with E-state index in [2.05, 4.69) is 63.3 Å². The molecule has 1 aromatic heterocycles. The number of H-pyrrole nitrogens is 1. The van der Waals surface area contributed by atoms with Crippen LogP contribution in [0.1, 0.15) is 26.4 Å². The summed E-state index contributed by atoms with van der Waals surface area (Å²) in [4.78, 5) is 29.3. The summed E-state index contributed by atoms with van der Waals surface area (Å²) in [6, 6.07) is 20.5. The molecule has 5 aromatic rings. The third-order valence-corrected chi connectivity index (χ3v) is 8.26. The molecule has 0 bridgehead atoms. The highest BCUT2D eigenvalue weighted by atomic mass is 79.9. The fraction of sp³-hybridized carbons (Fsp3) is 0. The average Bonchev–Trinajstić information content (AvgIpc) is 3.30. The number of hydrazone groups is 1. The largest absolute Gasteiger partial charge is 0.421 e. The van der Waals surface area contributed by atoms with E-state index in [-0.39, 0.29) is 11.4 Å². The summed E-state index contributed by atoms with van der Waals surface area (Å²) in [6.07, 6.45) is 1.37. The molecule has 1 amide bonds. The summed E-state index contributed by atoms with van der Waals surface area (Å²) in [7, 11) is 0. The van der Waals surface area contributed by atoms with Crippen LogP contribution < -0.4 is 10.2 Å². The number of amides is 1. The van der Waals surface area contributed by atoms with Gasteiger partial charge in [-0.2, -0.15) is 5.10 Å². The molecule has 1 heterocycles. The van der Waals surface area contributed by atoms with Gasteiger partial charge >= 0.3 is 5.97 Å². The average molecular weight is 800 g/mol. The summed E-state index contributed by atoms with van der Waals surface area (Å²) in [5.41, 5.74) is 5.30. The number of benzene rings is 4. The normalized spacial score (nSPS) is 11.3. The van der Waals surface area contributed by atoms with Crippen LogP contribution in [0.5, 0.6) is 5.75 Å². The zero-order valence-electron chi connectivity index (χ0n) is 20.4. The van der Waals surface area contributed by atoms with E-state index in [1.165, 1.54) is 6.21 Å². The molecule has 0 atom stereocenters. The van der Waals surface area contributed by atoms with Crippen molar-refractivity contribution in [2.24, 2.45) is 5.10 Å². The van der Waals surface area contributed by atoms with Gasteiger partial charge in [-0.3, -0.25) is 4.79 Å². The Morgan fingerprint density at radius 1 is 0.878 bits per heavy atom. The molecule has 0 spiro atoms.